The van der Waals surface area contributed by atoms with Crippen molar-refractivity contribution in [3.05, 3.63) is 34.9 Å². The van der Waals surface area contributed by atoms with Crippen LogP contribution in [0.1, 0.15) is 5.56 Å². The Labute approximate surface area is 93.2 Å². The molecule has 0 bridgehead atoms. The van der Waals surface area contributed by atoms with Crippen LogP contribution in [-0.2, 0) is 9.53 Å². The molecule has 0 aliphatic heterocycles. The molecule has 1 rings (SSSR count). The van der Waals surface area contributed by atoms with E-state index >= 15 is 0 Å². The number of terminal acetylenes is 1. The highest BCUT2D eigenvalue weighted by molar-refractivity contribution is 6.31. The summed E-state index contributed by atoms with van der Waals surface area (Å²) in [5.74, 6) is 6.39. The van der Waals surface area contributed by atoms with Gasteiger partial charge in [0.2, 0.25) is 0 Å². The summed E-state index contributed by atoms with van der Waals surface area (Å²) in [5, 5.41) is 0.495. The number of hydrogen-bond donors (Lipinski definition) is 0. The van der Waals surface area contributed by atoms with Gasteiger partial charge in [-0.3, -0.25) is 0 Å². The fourth-order valence-electron chi connectivity index (χ4n) is 0.824. The Morgan fingerprint density at radius 3 is 2.87 bits per heavy atom. The lowest BCUT2D eigenvalue weighted by Gasteiger charge is -1.93. The lowest BCUT2D eigenvalue weighted by atomic mass is 10.2. The summed E-state index contributed by atoms with van der Waals surface area (Å²) in [6.45, 7) is -0.0734. The Morgan fingerprint density at radius 1 is 1.47 bits per heavy atom. The molecule has 1 aromatic rings. The van der Waals surface area contributed by atoms with Crippen LogP contribution in [0.25, 0.3) is 0 Å². The highest BCUT2D eigenvalue weighted by Gasteiger charge is 1.96. The third-order valence-electron chi connectivity index (χ3n) is 1.46. The number of esters is 1. The van der Waals surface area contributed by atoms with Crippen LogP contribution in [-0.4, -0.2) is 12.6 Å². The van der Waals surface area contributed by atoms with E-state index in [4.69, 9.17) is 18.0 Å². The zero-order valence-corrected chi connectivity index (χ0v) is 8.54. The lowest BCUT2D eigenvalue weighted by Crippen LogP contribution is -2.00. The molecule has 0 fully saturated rings. The molecular formula is C12H7ClO2. The van der Waals surface area contributed by atoms with Gasteiger partial charge in [0.25, 0.3) is 0 Å². The highest BCUT2D eigenvalue weighted by Crippen LogP contribution is 2.12. The van der Waals surface area contributed by atoms with E-state index in [1.165, 1.54) is 0 Å². The molecule has 0 amide bonds. The van der Waals surface area contributed by atoms with E-state index in [-0.39, 0.29) is 6.61 Å². The van der Waals surface area contributed by atoms with Crippen molar-refractivity contribution < 1.29 is 9.53 Å². The fraction of sp³-hybridized carbons (Fsp3) is 0.0833. The Hall–Kier alpha value is -1.90. The smallest absolute Gasteiger partial charge is 0.385 e. The van der Waals surface area contributed by atoms with Crippen LogP contribution in [0.2, 0.25) is 5.02 Å². The summed E-state index contributed by atoms with van der Waals surface area (Å²) in [6.07, 6.45) is 4.91. The average molecular weight is 219 g/mol. The van der Waals surface area contributed by atoms with Gasteiger partial charge in [0.1, 0.15) is 0 Å². The molecule has 1 aromatic carbocycles. The first-order chi connectivity index (χ1) is 7.24. The summed E-state index contributed by atoms with van der Waals surface area (Å²) in [4.78, 5) is 11.0. The molecule has 0 saturated heterocycles. The van der Waals surface area contributed by atoms with Gasteiger partial charge in [0.15, 0.2) is 6.61 Å². The summed E-state index contributed by atoms with van der Waals surface area (Å²) in [5.41, 5.74) is 0.580. The van der Waals surface area contributed by atoms with Gasteiger partial charge >= 0.3 is 5.97 Å². The first-order valence-electron chi connectivity index (χ1n) is 4.11. The Morgan fingerprint density at radius 2 is 2.20 bits per heavy atom. The molecule has 0 radical (unpaired) electrons. The van der Waals surface area contributed by atoms with Gasteiger partial charge in [-0.1, -0.05) is 35.6 Å². The summed E-state index contributed by atoms with van der Waals surface area (Å²) in [6, 6.07) is 6.97. The van der Waals surface area contributed by atoms with Gasteiger partial charge in [-0.25, -0.2) is 4.79 Å². The van der Waals surface area contributed by atoms with Crippen LogP contribution >= 0.6 is 11.6 Å². The monoisotopic (exact) mass is 218 g/mol. The number of carbonyl (C=O) groups excluding carboxylic acids is 1. The SMILES string of the molecule is C#CCOC(=O)C#Cc1ccccc1Cl. The van der Waals surface area contributed by atoms with Gasteiger partial charge in [0, 0.05) is 11.5 Å². The van der Waals surface area contributed by atoms with Crippen molar-refractivity contribution >= 4 is 17.6 Å². The standard InChI is InChI=1S/C12H7ClO2/c1-2-9-15-12(14)8-7-10-5-3-4-6-11(10)13/h1,3-6H,9H2. The molecule has 0 spiro atoms. The average Bonchev–Trinajstić information content (AvgIpc) is 2.25. The molecule has 0 unspecified atom stereocenters. The molecule has 0 atom stereocenters. The third-order valence-corrected chi connectivity index (χ3v) is 1.79. The second-order valence-corrected chi connectivity index (χ2v) is 2.92. The highest BCUT2D eigenvalue weighted by atomic mass is 35.5. The molecule has 15 heavy (non-hydrogen) atoms. The van der Waals surface area contributed by atoms with Crippen molar-refractivity contribution in [1.29, 1.82) is 0 Å². The topological polar surface area (TPSA) is 26.3 Å². The predicted octanol–water partition coefficient (Wildman–Crippen LogP) is 1.87. The van der Waals surface area contributed by atoms with Gasteiger partial charge in [-0.05, 0) is 12.1 Å². The quantitative estimate of drug-likeness (QED) is 0.531. The molecule has 0 N–H and O–H groups in total. The molecule has 2 nitrogen and oxygen atoms in total. The number of halogens is 1. The Balaban J connectivity index is 2.70. The maximum atomic E-state index is 11.0. The normalized spacial score (nSPS) is 8.27. The summed E-state index contributed by atoms with van der Waals surface area (Å²) >= 11 is 5.83. The van der Waals surface area contributed by atoms with E-state index in [9.17, 15) is 4.79 Å². The zero-order chi connectivity index (χ0) is 11.1. The largest absolute Gasteiger partial charge is 0.443 e. The van der Waals surface area contributed by atoms with E-state index < -0.39 is 5.97 Å². The van der Waals surface area contributed by atoms with Crippen molar-refractivity contribution in [2.24, 2.45) is 0 Å². The van der Waals surface area contributed by atoms with E-state index in [0.717, 1.165) is 0 Å². The second-order valence-electron chi connectivity index (χ2n) is 2.51. The molecule has 0 aromatic heterocycles. The van der Waals surface area contributed by atoms with Gasteiger partial charge in [0.05, 0.1) is 5.02 Å². The van der Waals surface area contributed by atoms with Crippen molar-refractivity contribution in [2.45, 2.75) is 0 Å². The number of ether oxygens (including phenoxy) is 1. The number of rotatable bonds is 1. The second kappa shape index (κ2) is 5.75. The van der Waals surface area contributed by atoms with Crippen LogP contribution in [0, 0.1) is 24.2 Å². The molecule has 0 heterocycles. The van der Waals surface area contributed by atoms with Crippen molar-refractivity contribution in [1.82, 2.24) is 0 Å². The first kappa shape index (κ1) is 11.2. The van der Waals surface area contributed by atoms with Crippen LogP contribution in [0.15, 0.2) is 24.3 Å². The Kier molecular flexibility index (Phi) is 4.29. The van der Waals surface area contributed by atoms with Crippen LogP contribution in [0.4, 0.5) is 0 Å². The van der Waals surface area contributed by atoms with Gasteiger partial charge in [-0.2, -0.15) is 0 Å². The zero-order valence-electron chi connectivity index (χ0n) is 7.79. The minimum atomic E-state index is -0.659. The minimum absolute atomic E-state index is 0.0734. The lowest BCUT2D eigenvalue weighted by molar-refractivity contribution is -0.135. The third kappa shape index (κ3) is 3.77. The minimum Gasteiger partial charge on any atom is -0.443 e. The fourth-order valence-corrected chi connectivity index (χ4v) is 1.01. The van der Waals surface area contributed by atoms with E-state index in [0.29, 0.717) is 10.6 Å². The number of hydrogen-bond acceptors (Lipinski definition) is 2. The Bertz CT molecular complexity index is 460. The maximum Gasteiger partial charge on any atom is 0.385 e. The van der Waals surface area contributed by atoms with Crippen LogP contribution in [0.5, 0.6) is 0 Å². The molecule has 0 aliphatic carbocycles. The van der Waals surface area contributed by atoms with E-state index in [2.05, 4.69) is 22.5 Å². The number of benzene rings is 1. The maximum absolute atomic E-state index is 11.0. The van der Waals surface area contributed by atoms with Crippen molar-refractivity contribution in [3.63, 3.8) is 0 Å². The predicted molar refractivity (Wildman–Crippen MR) is 58.1 cm³/mol. The molecule has 0 aliphatic rings. The summed E-state index contributed by atoms with van der Waals surface area (Å²) < 4.78 is 4.56. The van der Waals surface area contributed by atoms with Crippen LogP contribution < -0.4 is 0 Å². The molecule has 74 valence electrons. The van der Waals surface area contributed by atoms with Crippen LogP contribution in [0.3, 0.4) is 0 Å². The van der Waals surface area contributed by atoms with Crippen molar-refractivity contribution in [3.8, 4) is 24.2 Å². The summed E-state index contributed by atoms with van der Waals surface area (Å²) in [7, 11) is 0. The number of carbonyl (C=O) groups is 1. The van der Waals surface area contributed by atoms with Crippen molar-refractivity contribution in [2.75, 3.05) is 6.61 Å². The first-order valence-corrected chi connectivity index (χ1v) is 4.48. The van der Waals surface area contributed by atoms with E-state index in [1.54, 1.807) is 24.3 Å². The molecule has 0 saturated carbocycles. The molecule has 3 heteroatoms. The van der Waals surface area contributed by atoms with Gasteiger partial charge < -0.3 is 4.74 Å². The van der Waals surface area contributed by atoms with Gasteiger partial charge in [-0.15, -0.1) is 6.42 Å². The molecular weight excluding hydrogens is 212 g/mol. The van der Waals surface area contributed by atoms with E-state index in [1.807, 2.05) is 0 Å².